The number of carbonyl (C=O) groups excluding carboxylic acids is 1. The van der Waals surface area contributed by atoms with Crippen LogP contribution < -0.4 is 9.47 Å². The quantitative estimate of drug-likeness (QED) is 0.566. The van der Waals surface area contributed by atoms with Gasteiger partial charge in [0.25, 0.3) is 0 Å². The maximum atomic E-state index is 12.5. The number of esters is 1. The molecule has 0 heterocycles. The largest absolute Gasteiger partial charge is 0.490 e. The molecule has 0 radical (unpaired) electrons. The summed E-state index contributed by atoms with van der Waals surface area (Å²) in [5.41, 5.74) is 1.63. The van der Waals surface area contributed by atoms with Crippen LogP contribution in [-0.4, -0.2) is 12.6 Å². The summed E-state index contributed by atoms with van der Waals surface area (Å²) in [6, 6.07) is 14.8. The first-order valence-corrected chi connectivity index (χ1v) is 7.70. The highest BCUT2D eigenvalue weighted by Gasteiger charge is 2.18. The third-order valence-electron chi connectivity index (χ3n) is 3.68. The van der Waals surface area contributed by atoms with Crippen molar-refractivity contribution in [1.29, 1.82) is 0 Å². The third-order valence-corrected chi connectivity index (χ3v) is 3.68. The van der Waals surface area contributed by atoms with Crippen molar-refractivity contribution in [2.75, 3.05) is 6.61 Å². The molecule has 22 heavy (non-hydrogen) atoms. The van der Waals surface area contributed by atoms with Crippen molar-refractivity contribution < 1.29 is 14.3 Å². The van der Waals surface area contributed by atoms with Crippen LogP contribution in [-0.2, 0) is 0 Å². The lowest BCUT2D eigenvalue weighted by atomic mass is 9.94. The molecule has 0 saturated carbocycles. The van der Waals surface area contributed by atoms with Gasteiger partial charge in [-0.05, 0) is 43.0 Å². The van der Waals surface area contributed by atoms with E-state index in [0.717, 1.165) is 12.0 Å². The Hall–Kier alpha value is -2.29. The minimum absolute atomic E-state index is 0.311. The molecule has 0 aliphatic carbocycles. The summed E-state index contributed by atoms with van der Waals surface area (Å²) >= 11 is 0. The van der Waals surface area contributed by atoms with Crippen LogP contribution in [0.4, 0.5) is 0 Å². The first kappa shape index (κ1) is 16.1. The summed E-state index contributed by atoms with van der Waals surface area (Å²) < 4.78 is 11.1. The fourth-order valence-electron chi connectivity index (χ4n) is 2.30. The summed E-state index contributed by atoms with van der Waals surface area (Å²) in [5, 5.41) is 0. The van der Waals surface area contributed by atoms with Crippen LogP contribution in [0.3, 0.4) is 0 Å². The van der Waals surface area contributed by atoms with Gasteiger partial charge in [0.1, 0.15) is 0 Å². The van der Waals surface area contributed by atoms with E-state index in [0.29, 0.717) is 29.6 Å². The Morgan fingerprint density at radius 3 is 2.32 bits per heavy atom. The molecule has 0 aliphatic rings. The summed E-state index contributed by atoms with van der Waals surface area (Å²) in [6.45, 7) is 6.65. The predicted molar refractivity (Wildman–Crippen MR) is 87.7 cm³/mol. The van der Waals surface area contributed by atoms with Gasteiger partial charge in [0.2, 0.25) is 0 Å². The molecule has 2 aromatic rings. The highest BCUT2D eigenvalue weighted by Crippen LogP contribution is 2.29. The molecule has 0 spiro atoms. The smallest absolute Gasteiger partial charge is 0.343 e. The Bertz CT molecular complexity index is 634. The molecule has 116 valence electrons. The topological polar surface area (TPSA) is 35.5 Å². The van der Waals surface area contributed by atoms with Gasteiger partial charge in [-0.2, -0.15) is 0 Å². The van der Waals surface area contributed by atoms with Gasteiger partial charge in [-0.3, -0.25) is 0 Å². The van der Waals surface area contributed by atoms with Crippen molar-refractivity contribution in [2.45, 2.75) is 33.1 Å². The summed E-state index contributed by atoms with van der Waals surface area (Å²) in [6.07, 6.45) is 0.972. The molecule has 0 fully saturated rings. The number of hydrogen-bond donors (Lipinski definition) is 0. The monoisotopic (exact) mass is 298 g/mol. The van der Waals surface area contributed by atoms with Crippen LogP contribution in [0.5, 0.6) is 11.5 Å². The number of para-hydroxylation sites is 2. The molecule has 1 unspecified atom stereocenters. The van der Waals surface area contributed by atoms with E-state index in [4.69, 9.17) is 9.47 Å². The molecule has 3 heteroatoms. The predicted octanol–water partition coefficient (Wildman–Crippen LogP) is 4.82. The van der Waals surface area contributed by atoms with Crippen LogP contribution in [0.15, 0.2) is 48.5 Å². The van der Waals surface area contributed by atoms with Gasteiger partial charge in [0.15, 0.2) is 11.5 Å². The maximum Gasteiger partial charge on any atom is 0.343 e. The Morgan fingerprint density at radius 1 is 1.00 bits per heavy atom. The van der Waals surface area contributed by atoms with Crippen molar-refractivity contribution in [2.24, 2.45) is 0 Å². The molecule has 1 atom stereocenters. The van der Waals surface area contributed by atoms with Crippen LogP contribution >= 0.6 is 0 Å². The molecule has 0 amide bonds. The molecule has 0 bridgehead atoms. The van der Waals surface area contributed by atoms with Gasteiger partial charge in [-0.1, -0.05) is 44.2 Å². The molecule has 3 nitrogen and oxygen atoms in total. The fourth-order valence-corrected chi connectivity index (χ4v) is 2.30. The molecule has 0 aliphatic heterocycles. The lowest BCUT2D eigenvalue weighted by Crippen LogP contribution is -2.13. The molecule has 0 N–H and O–H groups in total. The van der Waals surface area contributed by atoms with Crippen LogP contribution in [0, 0.1) is 0 Å². The minimum Gasteiger partial charge on any atom is -0.490 e. The Balaban J connectivity index is 2.27. The van der Waals surface area contributed by atoms with Gasteiger partial charge in [0, 0.05) is 0 Å². The van der Waals surface area contributed by atoms with Crippen LogP contribution in [0.25, 0.3) is 0 Å². The molecular formula is C19H22O3. The minimum atomic E-state index is -0.344. The maximum absolute atomic E-state index is 12.5. The third kappa shape index (κ3) is 3.67. The lowest BCUT2D eigenvalue weighted by molar-refractivity contribution is 0.0726. The Morgan fingerprint density at radius 2 is 1.64 bits per heavy atom. The number of ether oxygens (including phenoxy) is 2. The van der Waals surface area contributed by atoms with Gasteiger partial charge in [-0.25, -0.2) is 4.79 Å². The van der Waals surface area contributed by atoms with Crippen LogP contribution in [0.1, 0.15) is 49.0 Å². The van der Waals surface area contributed by atoms with E-state index in [2.05, 4.69) is 13.8 Å². The van der Waals surface area contributed by atoms with E-state index in [1.165, 1.54) is 0 Å². The second-order valence-corrected chi connectivity index (χ2v) is 5.17. The molecule has 2 aromatic carbocycles. The second kappa shape index (κ2) is 7.64. The Kier molecular flexibility index (Phi) is 5.59. The normalized spacial score (nSPS) is 11.8. The highest BCUT2D eigenvalue weighted by atomic mass is 16.6. The SMILES string of the molecule is CCOc1ccccc1OC(=O)c1ccccc1C(C)CC. The zero-order valence-corrected chi connectivity index (χ0v) is 13.3. The fraction of sp³-hybridized carbons (Fsp3) is 0.316. The highest BCUT2D eigenvalue weighted by molar-refractivity contribution is 5.93. The van der Waals surface area contributed by atoms with Crippen molar-refractivity contribution in [1.82, 2.24) is 0 Å². The summed E-state index contributed by atoms with van der Waals surface area (Å²) in [4.78, 5) is 12.5. The van der Waals surface area contributed by atoms with Gasteiger partial charge in [0.05, 0.1) is 12.2 Å². The Labute approximate surface area is 131 Å². The van der Waals surface area contributed by atoms with E-state index in [-0.39, 0.29) is 5.97 Å². The molecule has 0 saturated heterocycles. The second-order valence-electron chi connectivity index (χ2n) is 5.17. The molecular weight excluding hydrogens is 276 g/mol. The van der Waals surface area contributed by atoms with Crippen molar-refractivity contribution in [3.8, 4) is 11.5 Å². The average Bonchev–Trinajstić information content (AvgIpc) is 2.56. The van der Waals surface area contributed by atoms with Crippen molar-refractivity contribution in [3.63, 3.8) is 0 Å². The standard InChI is InChI=1S/C19H22O3/c1-4-14(3)15-10-6-7-11-16(15)19(20)22-18-13-9-8-12-17(18)21-5-2/h6-14H,4-5H2,1-3H3. The van der Waals surface area contributed by atoms with Crippen molar-refractivity contribution >= 4 is 5.97 Å². The van der Waals surface area contributed by atoms with E-state index in [1.807, 2.05) is 43.3 Å². The first-order valence-electron chi connectivity index (χ1n) is 7.70. The van der Waals surface area contributed by atoms with E-state index in [9.17, 15) is 4.79 Å². The van der Waals surface area contributed by atoms with E-state index >= 15 is 0 Å². The molecule has 0 aromatic heterocycles. The van der Waals surface area contributed by atoms with Gasteiger partial charge < -0.3 is 9.47 Å². The average molecular weight is 298 g/mol. The van der Waals surface area contributed by atoms with Crippen molar-refractivity contribution in [3.05, 3.63) is 59.7 Å². The van der Waals surface area contributed by atoms with Gasteiger partial charge in [-0.15, -0.1) is 0 Å². The zero-order chi connectivity index (χ0) is 15.9. The number of carbonyl (C=O) groups is 1. The van der Waals surface area contributed by atoms with Gasteiger partial charge >= 0.3 is 5.97 Å². The summed E-state index contributed by atoms with van der Waals surface area (Å²) in [7, 11) is 0. The molecule has 2 rings (SSSR count). The lowest BCUT2D eigenvalue weighted by Gasteiger charge is -2.15. The van der Waals surface area contributed by atoms with E-state index in [1.54, 1.807) is 12.1 Å². The number of benzene rings is 2. The summed E-state index contributed by atoms with van der Waals surface area (Å²) in [5.74, 6) is 1.00. The zero-order valence-electron chi connectivity index (χ0n) is 13.3. The first-order chi connectivity index (χ1) is 10.7. The van der Waals surface area contributed by atoms with Crippen LogP contribution in [0.2, 0.25) is 0 Å². The number of hydrogen-bond acceptors (Lipinski definition) is 3. The number of rotatable bonds is 6. The van der Waals surface area contributed by atoms with E-state index < -0.39 is 0 Å².